The Bertz CT molecular complexity index is 735. The number of likely N-dealkylation sites (tertiary alicyclic amines) is 1. The van der Waals surface area contributed by atoms with Gasteiger partial charge < -0.3 is 9.47 Å². The van der Waals surface area contributed by atoms with E-state index in [0.717, 1.165) is 4.90 Å². The van der Waals surface area contributed by atoms with Crippen LogP contribution < -0.4 is 5.06 Å². The Morgan fingerprint density at radius 1 is 1.31 bits per heavy atom. The summed E-state index contributed by atoms with van der Waals surface area (Å²) < 4.78 is 26.3. The SMILES string of the molecule is COC(=O)[C@H]1CC2(F)c3ccccc3N(C)OC2N1C(=O)OC(C)(C)C. The highest BCUT2D eigenvalue weighted by Gasteiger charge is 2.63. The van der Waals surface area contributed by atoms with Gasteiger partial charge in [0.25, 0.3) is 0 Å². The Kier molecular flexibility index (Phi) is 4.34. The Labute approximate surface area is 151 Å². The van der Waals surface area contributed by atoms with Crippen molar-refractivity contribution >= 4 is 17.7 Å². The number of carbonyl (C=O) groups excluding carboxylic acids is 2. The van der Waals surface area contributed by atoms with E-state index in [-0.39, 0.29) is 6.42 Å². The first-order valence-corrected chi connectivity index (χ1v) is 8.36. The van der Waals surface area contributed by atoms with Crippen LogP contribution in [0.4, 0.5) is 14.9 Å². The van der Waals surface area contributed by atoms with E-state index >= 15 is 4.39 Å². The van der Waals surface area contributed by atoms with Crippen LogP contribution in [0.2, 0.25) is 0 Å². The second-order valence-corrected chi connectivity index (χ2v) is 7.47. The molecule has 1 fully saturated rings. The number of hydrogen-bond acceptors (Lipinski definition) is 6. The molecule has 2 unspecified atom stereocenters. The molecule has 0 aromatic heterocycles. The maximum absolute atomic E-state index is 16.1. The summed E-state index contributed by atoms with van der Waals surface area (Å²) in [5, 5.41) is 1.40. The van der Waals surface area contributed by atoms with Crippen LogP contribution in [0.3, 0.4) is 0 Å². The molecule has 2 aliphatic rings. The lowest BCUT2D eigenvalue weighted by Crippen LogP contribution is -2.54. The summed E-state index contributed by atoms with van der Waals surface area (Å²) in [7, 11) is 2.82. The highest BCUT2D eigenvalue weighted by atomic mass is 19.1. The molecular formula is C18H23FN2O5. The van der Waals surface area contributed by atoms with Crippen molar-refractivity contribution < 1.29 is 28.3 Å². The minimum Gasteiger partial charge on any atom is -0.467 e. The molecule has 3 rings (SSSR count). The molecule has 0 aliphatic carbocycles. The van der Waals surface area contributed by atoms with Crippen LogP contribution in [0, 0.1) is 0 Å². The number of carbonyl (C=O) groups is 2. The van der Waals surface area contributed by atoms with Gasteiger partial charge in [0, 0.05) is 19.0 Å². The number of ether oxygens (including phenoxy) is 2. The molecule has 0 N–H and O–H groups in total. The Hall–Kier alpha value is -2.35. The third kappa shape index (κ3) is 2.88. The number of esters is 1. The zero-order chi connectivity index (χ0) is 19.3. The van der Waals surface area contributed by atoms with Gasteiger partial charge in [-0.05, 0) is 26.8 Å². The minimum absolute atomic E-state index is 0.269. The average Bonchev–Trinajstić information content (AvgIpc) is 2.87. The van der Waals surface area contributed by atoms with E-state index < -0.39 is 35.6 Å². The number of hydroxylamine groups is 1. The lowest BCUT2D eigenvalue weighted by atomic mass is 9.89. The first-order valence-electron chi connectivity index (χ1n) is 8.36. The van der Waals surface area contributed by atoms with Crippen molar-refractivity contribution in [2.75, 3.05) is 19.2 Å². The van der Waals surface area contributed by atoms with Crippen LogP contribution in [0.1, 0.15) is 32.8 Å². The van der Waals surface area contributed by atoms with Crippen LogP contribution >= 0.6 is 0 Å². The van der Waals surface area contributed by atoms with Gasteiger partial charge in [0.1, 0.15) is 11.6 Å². The van der Waals surface area contributed by atoms with Crippen molar-refractivity contribution in [1.82, 2.24) is 4.90 Å². The summed E-state index contributed by atoms with van der Waals surface area (Å²) in [6.45, 7) is 5.08. The number of anilines is 1. The molecular weight excluding hydrogens is 343 g/mol. The topological polar surface area (TPSA) is 68.3 Å². The van der Waals surface area contributed by atoms with Gasteiger partial charge in [0.15, 0.2) is 5.67 Å². The Morgan fingerprint density at radius 3 is 2.58 bits per heavy atom. The third-order valence-corrected chi connectivity index (χ3v) is 4.50. The lowest BCUT2D eigenvalue weighted by Gasteiger charge is -2.41. The standard InChI is InChI=1S/C18H23FN2O5/c1-17(2,3)25-16(23)21-13(14(22)24-5)10-18(19)11-8-6-7-9-12(11)20(4)26-15(18)21/h6-9,13,15H,10H2,1-5H3/t13-,15?,18?/m1/s1. The van der Waals surface area contributed by atoms with Crippen LogP contribution in [-0.2, 0) is 24.8 Å². The van der Waals surface area contributed by atoms with E-state index in [1.54, 1.807) is 52.1 Å². The molecule has 2 heterocycles. The molecule has 2 aliphatic heterocycles. The second kappa shape index (κ2) is 6.12. The molecule has 7 nitrogen and oxygen atoms in total. The number of hydrogen-bond donors (Lipinski definition) is 0. The quantitative estimate of drug-likeness (QED) is 0.712. The summed E-state index contributed by atoms with van der Waals surface area (Å²) in [5.74, 6) is -0.717. The maximum atomic E-state index is 16.1. The fourth-order valence-corrected chi connectivity index (χ4v) is 3.42. The molecule has 0 radical (unpaired) electrons. The molecule has 0 bridgehead atoms. The molecule has 1 aromatic carbocycles. The monoisotopic (exact) mass is 366 g/mol. The molecule has 1 saturated heterocycles. The van der Waals surface area contributed by atoms with Crippen molar-refractivity contribution in [2.24, 2.45) is 0 Å². The van der Waals surface area contributed by atoms with Crippen molar-refractivity contribution in [2.45, 2.75) is 50.7 Å². The zero-order valence-electron chi connectivity index (χ0n) is 15.5. The van der Waals surface area contributed by atoms with Gasteiger partial charge in [-0.2, -0.15) is 0 Å². The van der Waals surface area contributed by atoms with Gasteiger partial charge >= 0.3 is 12.1 Å². The van der Waals surface area contributed by atoms with E-state index in [1.165, 1.54) is 12.2 Å². The van der Waals surface area contributed by atoms with Crippen molar-refractivity contribution in [3.8, 4) is 0 Å². The first-order chi connectivity index (χ1) is 12.1. The number of amides is 1. The van der Waals surface area contributed by atoms with Gasteiger partial charge in [0.05, 0.1) is 12.8 Å². The molecule has 1 amide bonds. The van der Waals surface area contributed by atoms with Crippen molar-refractivity contribution in [3.63, 3.8) is 0 Å². The zero-order valence-corrected chi connectivity index (χ0v) is 15.5. The van der Waals surface area contributed by atoms with Gasteiger partial charge in [-0.25, -0.2) is 18.8 Å². The molecule has 3 atom stereocenters. The van der Waals surface area contributed by atoms with Crippen molar-refractivity contribution in [3.05, 3.63) is 29.8 Å². The average molecular weight is 366 g/mol. The largest absolute Gasteiger partial charge is 0.467 e. The number of nitrogens with zero attached hydrogens (tertiary/aromatic N) is 2. The van der Waals surface area contributed by atoms with Crippen LogP contribution in [0.5, 0.6) is 0 Å². The smallest absolute Gasteiger partial charge is 0.413 e. The Balaban J connectivity index is 2.06. The highest BCUT2D eigenvalue weighted by Crippen LogP contribution is 2.51. The molecule has 26 heavy (non-hydrogen) atoms. The predicted octanol–water partition coefficient (Wildman–Crippen LogP) is 2.74. The second-order valence-electron chi connectivity index (χ2n) is 7.47. The van der Waals surface area contributed by atoms with E-state index in [9.17, 15) is 9.59 Å². The summed E-state index contributed by atoms with van der Waals surface area (Å²) >= 11 is 0. The minimum atomic E-state index is -2.06. The summed E-state index contributed by atoms with van der Waals surface area (Å²) in [4.78, 5) is 31.7. The van der Waals surface area contributed by atoms with Gasteiger partial charge in [-0.15, -0.1) is 0 Å². The summed E-state index contributed by atoms with van der Waals surface area (Å²) in [5.41, 5.74) is -1.96. The molecule has 8 heteroatoms. The molecule has 1 aromatic rings. The maximum Gasteiger partial charge on any atom is 0.413 e. The lowest BCUT2D eigenvalue weighted by molar-refractivity contribution is -0.153. The van der Waals surface area contributed by atoms with Crippen molar-refractivity contribution in [1.29, 1.82) is 0 Å². The number of para-hydroxylation sites is 1. The summed E-state index contributed by atoms with van der Waals surface area (Å²) in [6, 6.07) is 5.68. The number of alkyl halides is 1. The molecule has 0 spiro atoms. The van der Waals surface area contributed by atoms with E-state index in [4.69, 9.17) is 14.3 Å². The normalized spacial score (nSPS) is 27.6. The molecule has 0 saturated carbocycles. The first kappa shape index (κ1) is 18.4. The van der Waals surface area contributed by atoms with E-state index in [1.807, 2.05) is 0 Å². The third-order valence-electron chi connectivity index (χ3n) is 4.50. The Morgan fingerprint density at radius 2 is 1.96 bits per heavy atom. The summed E-state index contributed by atoms with van der Waals surface area (Å²) in [6.07, 6.45) is -2.43. The number of benzene rings is 1. The number of fused-ring (bicyclic) bond motifs is 3. The van der Waals surface area contributed by atoms with E-state index in [2.05, 4.69) is 0 Å². The highest BCUT2D eigenvalue weighted by molar-refractivity contribution is 5.83. The van der Waals surface area contributed by atoms with Crippen LogP contribution in [0.25, 0.3) is 0 Å². The fourth-order valence-electron chi connectivity index (χ4n) is 3.42. The predicted molar refractivity (Wildman–Crippen MR) is 91.0 cm³/mol. The molecule has 142 valence electrons. The van der Waals surface area contributed by atoms with Gasteiger partial charge in [-0.1, -0.05) is 18.2 Å². The van der Waals surface area contributed by atoms with Gasteiger partial charge in [0.2, 0.25) is 6.23 Å². The number of rotatable bonds is 1. The van der Waals surface area contributed by atoms with Gasteiger partial charge in [-0.3, -0.25) is 9.96 Å². The van der Waals surface area contributed by atoms with E-state index in [0.29, 0.717) is 11.3 Å². The number of halogens is 1. The van der Waals surface area contributed by atoms with Crippen LogP contribution in [0.15, 0.2) is 24.3 Å². The van der Waals surface area contributed by atoms with Crippen LogP contribution in [-0.4, -0.2) is 49.0 Å². The number of methoxy groups -OCH3 is 1. The fraction of sp³-hybridized carbons (Fsp3) is 0.556.